The molecule has 1 fully saturated rings. The van der Waals surface area contributed by atoms with Crippen LogP contribution in [-0.2, 0) is 14.3 Å². The smallest absolute Gasteiger partial charge is 0.408 e. The van der Waals surface area contributed by atoms with Crippen molar-refractivity contribution in [3.8, 4) is 0 Å². The molecule has 0 aromatic carbocycles. The largest absolute Gasteiger partial charge is 0.475 e. The zero-order valence-corrected chi connectivity index (χ0v) is 10.3. The van der Waals surface area contributed by atoms with E-state index in [9.17, 15) is 14.4 Å². The Balaban J connectivity index is 2.46. The van der Waals surface area contributed by atoms with Gasteiger partial charge in [-0.2, -0.15) is 0 Å². The molecule has 1 aliphatic rings. The van der Waals surface area contributed by atoms with E-state index in [1.807, 2.05) is 0 Å². The monoisotopic (exact) mass is 257 g/mol. The van der Waals surface area contributed by atoms with Crippen LogP contribution in [-0.4, -0.2) is 52.0 Å². The SMILES string of the molecule is CC(C)(C)OC(=O)NC1CN(C(=N)C(=O)O)C1=O. The summed E-state index contributed by atoms with van der Waals surface area (Å²) in [5.41, 5.74) is -0.676. The first-order chi connectivity index (χ1) is 8.11. The van der Waals surface area contributed by atoms with Gasteiger partial charge in [0.1, 0.15) is 11.6 Å². The summed E-state index contributed by atoms with van der Waals surface area (Å²) < 4.78 is 4.94. The first-order valence-electron chi connectivity index (χ1n) is 5.24. The molecule has 2 amide bonds. The van der Waals surface area contributed by atoms with Gasteiger partial charge in [0.25, 0.3) is 5.91 Å². The van der Waals surface area contributed by atoms with E-state index in [2.05, 4.69) is 5.32 Å². The quantitative estimate of drug-likeness (QED) is 0.341. The minimum atomic E-state index is -1.49. The zero-order valence-electron chi connectivity index (χ0n) is 10.3. The highest BCUT2D eigenvalue weighted by molar-refractivity contribution is 6.37. The third kappa shape index (κ3) is 3.19. The van der Waals surface area contributed by atoms with Gasteiger partial charge in [0.05, 0.1) is 6.54 Å². The molecular weight excluding hydrogens is 242 g/mol. The number of alkyl carbamates (subject to hydrolysis) is 1. The van der Waals surface area contributed by atoms with Gasteiger partial charge in [0.2, 0.25) is 5.84 Å². The van der Waals surface area contributed by atoms with E-state index in [0.29, 0.717) is 0 Å². The predicted molar refractivity (Wildman–Crippen MR) is 60.2 cm³/mol. The van der Waals surface area contributed by atoms with Crippen molar-refractivity contribution in [1.82, 2.24) is 10.2 Å². The summed E-state index contributed by atoms with van der Waals surface area (Å²) in [7, 11) is 0. The number of carboxylic acids is 1. The van der Waals surface area contributed by atoms with E-state index in [1.54, 1.807) is 20.8 Å². The fourth-order valence-corrected chi connectivity index (χ4v) is 1.30. The number of nitrogens with zero attached hydrogens (tertiary/aromatic N) is 1. The Morgan fingerprint density at radius 2 is 2.06 bits per heavy atom. The molecule has 0 radical (unpaired) electrons. The van der Waals surface area contributed by atoms with Crippen molar-refractivity contribution in [1.29, 1.82) is 5.41 Å². The van der Waals surface area contributed by atoms with Gasteiger partial charge in [-0.1, -0.05) is 0 Å². The minimum absolute atomic E-state index is 0.0385. The number of ether oxygens (including phenoxy) is 1. The second-order valence-corrected chi connectivity index (χ2v) is 4.80. The van der Waals surface area contributed by atoms with Gasteiger partial charge in [-0.05, 0) is 20.8 Å². The van der Waals surface area contributed by atoms with Crippen molar-refractivity contribution in [2.75, 3.05) is 6.54 Å². The summed E-state index contributed by atoms with van der Waals surface area (Å²) in [6.45, 7) is 5.01. The average molecular weight is 257 g/mol. The lowest BCUT2D eigenvalue weighted by molar-refractivity contribution is -0.141. The van der Waals surface area contributed by atoms with Crippen LogP contribution in [0.1, 0.15) is 20.8 Å². The second-order valence-electron chi connectivity index (χ2n) is 4.80. The van der Waals surface area contributed by atoms with Crippen molar-refractivity contribution in [2.24, 2.45) is 0 Å². The Morgan fingerprint density at radius 3 is 2.44 bits per heavy atom. The lowest BCUT2D eigenvalue weighted by atomic mass is 10.1. The van der Waals surface area contributed by atoms with Crippen LogP contribution < -0.4 is 5.32 Å². The molecule has 0 aromatic rings. The Bertz CT molecular complexity index is 412. The molecule has 0 saturated carbocycles. The minimum Gasteiger partial charge on any atom is -0.475 e. The number of amidine groups is 1. The normalized spacial score (nSPS) is 18.9. The van der Waals surface area contributed by atoms with E-state index in [-0.39, 0.29) is 6.54 Å². The van der Waals surface area contributed by atoms with E-state index < -0.39 is 35.4 Å². The molecule has 1 aliphatic heterocycles. The highest BCUT2D eigenvalue weighted by atomic mass is 16.6. The lowest BCUT2D eigenvalue weighted by Crippen LogP contribution is -2.66. The first-order valence-corrected chi connectivity index (χ1v) is 5.24. The van der Waals surface area contributed by atoms with Crippen LogP contribution in [0, 0.1) is 5.41 Å². The van der Waals surface area contributed by atoms with Crippen LogP contribution in [0.2, 0.25) is 0 Å². The second kappa shape index (κ2) is 4.63. The van der Waals surface area contributed by atoms with Gasteiger partial charge in [-0.3, -0.25) is 15.1 Å². The molecule has 0 aromatic heterocycles. The molecule has 100 valence electrons. The topological polar surface area (TPSA) is 120 Å². The van der Waals surface area contributed by atoms with Gasteiger partial charge in [0.15, 0.2) is 0 Å². The van der Waals surface area contributed by atoms with E-state index in [0.717, 1.165) is 4.90 Å². The summed E-state index contributed by atoms with van der Waals surface area (Å²) in [5.74, 6) is -2.92. The Hall–Kier alpha value is -2.12. The molecule has 1 saturated heterocycles. The maximum atomic E-state index is 11.5. The van der Waals surface area contributed by atoms with Crippen molar-refractivity contribution >= 4 is 23.8 Å². The summed E-state index contributed by atoms with van der Waals surface area (Å²) >= 11 is 0. The summed E-state index contributed by atoms with van der Waals surface area (Å²) in [6, 6.07) is -0.834. The number of hydrogen-bond acceptors (Lipinski definition) is 5. The van der Waals surface area contributed by atoms with Crippen LogP contribution >= 0.6 is 0 Å². The molecule has 18 heavy (non-hydrogen) atoms. The summed E-state index contributed by atoms with van der Waals surface area (Å²) in [4.78, 5) is 34.0. The number of carbonyl (C=O) groups excluding carboxylic acids is 2. The maximum Gasteiger partial charge on any atom is 0.408 e. The lowest BCUT2D eigenvalue weighted by Gasteiger charge is -2.37. The molecule has 1 rings (SSSR count). The third-order valence-electron chi connectivity index (χ3n) is 2.09. The third-order valence-corrected chi connectivity index (χ3v) is 2.09. The Kier molecular flexibility index (Phi) is 3.59. The number of rotatable bonds is 1. The van der Waals surface area contributed by atoms with Crippen LogP contribution in [0.3, 0.4) is 0 Å². The molecule has 0 spiro atoms. The maximum absolute atomic E-state index is 11.5. The number of likely N-dealkylation sites (tertiary alicyclic amines) is 1. The molecule has 0 aliphatic carbocycles. The highest BCUT2D eigenvalue weighted by Crippen LogP contribution is 2.12. The average Bonchev–Trinajstić information content (AvgIpc) is 2.19. The standard InChI is InChI=1S/C10H15N3O5/c1-10(2,3)18-9(17)12-5-4-13(7(5)14)6(11)8(15)16/h5,11H,4H2,1-3H3,(H,12,17)(H,15,16). The fourth-order valence-electron chi connectivity index (χ4n) is 1.30. The van der Waals surface area contributed by atoms with E-state index in [1.165, 1.54) is 0 Å². The molecule has 0 bridgehead atoms. The van der Waals surface area contributed by atoms with E-state index >= 15 is 0 Å². The molecule has 8 heteroatoms. The number of aliphatic carboxylic acids is 1. The number of amides is 2. The molecule has 3 N–H and O–H groups in total. The fraction of sp³-hybridized carbons (Fsp3) is 0.600. The van der Waals surface area contributed by atoms with Gasteiger partial charge in [-0.15, -0.1) is 0 Å². The van der Waals surface area contributed by atoms with Crippen molar-refractivity contribution in [3.63, 3.8) is 0 Å². The Morgan fingerprint density at radius 1 is 1.50 bits per heavy atom. The molecule has 1 heterocycles. The van der Waals surface area contributed by atoms with Gasteiger partial charge >= 0.3 is 12.1 Å². The predicted octanol–water partition coefficient (Wildman–Crippen LogP) is -0.216. The molecule has 1 atom stereocenters. The van der Waals surface area contributed by atoms with Crippen LogP contribution in [0.25, 0.3) is 0 Å². The number of carbonyl (C=O) groups is 3. The number of β-lactam (4-membered cyclic amide) rings is 1. The van der Waals surface area contributed by atoms with Gasteiger partial charge in [-0.25, -0.2) is 9.59 Å². The van der Waals surface area contributed by atoms with Crippen LogP contribution in [0.4, 0.5) is 4.79 Å². The zero-order chi connectivity index (χ0) is 14.1. The molecule has 1 unspecified atom stereocenters. The number of hydrogen-bond donors (Lipinski definition) is 3. The van der Waals surface area contributed by atoms with Gasteiger partial charge < -0.3 is 15.2 Å². The van der Waals surface area contributed by atoms with Crippen LogP contribution in [0.15, 0.2) is 0 Å². The van der Waals surface area contributed by atoms with Crippen molar-refractivity contribution in [2.45, 2.75) is 32.4 Å². The first kappa shape index (κ1) is 13.9. The van der Waals surface area contributed by atoms with Crippen molar-refractivity contribution in [3.05, 3.63) is 0 Å². The number of nitrogens with one attached hydrogen (secondary N) is 2. The highest BCUT2D eigenvalue weighted by Gasteiger charge is 2.42. The van der Waals surface area contributed by atoms with Crippen molar-refractivity contribution < 1.29 is 24.2 Å². The van der Waals surface area contributed by atoms with E-state index in [4.69, 9.17) is 15.3 Å². The Labute approximate surface area is 103 Å². The van der Waals surface area contributed by atoms with Gasteiger partial charge in [0, 0.05) is 0 Å². The number of carboxylic acid groups (broad SMARTS) is 1. The van der Waals surface area contributed by atoms with Crippen LogP contribution in [0.5, 0.6) is 0 Å². The molecule has 8 nitrogen and oxygen atoms in total. The summed E-state index contributed by atoms with van der Waals surface area (Å²) in [5, 5.41) is 17.9. The molecular formula is C10H15N3O5. The summed E-state index contributed by atoms with van der Waals surface area (Å²) in [6.07, 6.45) is -0.748.